The van der Waals surface area contributed by atoms with Crippen LogP contribution in [0.5, 0.6) is 17.2 Å². The molecule has 0 bridgehead atoms. The maximum Gasteiger partial charge on any atom is 0.230 e. The Labute approximate surface area is 243 Å². The quantitative estimate of drug-likeness (QED) is 0.213. The number of nitrogen functional groups attached to an aromatic ring is 1. The number of methoxy groups -OCH3 is 3. The molecule has 3 heterocycles. The first-order valence-corrected chi connectivity index (χ1v) is 13.7. The Balaban J connectivity index is 1.39. The summed E-state index contributed by atoms with van der Waals surface area (Å²) < 4.78 is 18.3. The van der Waals surface area contributed by atoms with E-state index < -0.39 is 0 Å². The minimum atomic E-state index is 0.00351. The van der Waals surface area contributed by atoms with Gasteiger partial charge in [0, 0.05) is 29.8 Å². The third-order valence-electron chi connectivity index (χ3n) is 7.53. The zero-order chi connectivity index (χ0) is 29.2. The molecule has 2 aromatic heterocycles. The highest BCUT2D eigenvalue weighted by Crippen LogP contribution is 2.39. The van der Waals surface area contributed by atoms with Crippen molar-refractivity contribution in [1.82, 2.24) is 19.5 Å². The number of ether oxygens (including phenoxy) is 3. The highest BCUT2D eigenvalue weighted by Gasteiger charge is 2.27. The number of aliphatic hydroxyl groups excluding tert-OH is 1. The van der Waals surface area contributed by atoms with Crippen LogP contribution in [0.25, 0.3) is 27.7 Å². The lowest BCUT2D eigenvalue weighted by Gasteiger charge is -2.26. The van der Waals surface area contributed by atoms with Crippen molar-refractivity contribution in [2.24, 2.45) is 0 Å². The van der Waals surface area contributed by atoms with E-state index in [0.717, 1.165) is 52.9 Å². The van der Waals surface area contributed by atoms with Crippen molar-refractivity contribution in [2.75, 3.05) is 50.4 Å². The summed E-state index contributed by atoms with van der Waals surface area (Å²) in [5.41, 5.74) is 10.3. The molecule has 0 radical (unpaired) electrons. The number of fused-ring (bicyclic) bond motifs is 1. The van der Waals surface area contributed by atoms with Gasteiger partial charge in [-0.15, -0.1) is 0 Å². The number of nitrogens with zero attached hydrogens (tertiary/aromatic N) is 5. The smallest absolute Gasteiger partial charge is 0.230 e. The second-order valence-electron chi connectivity index (χ2n) is 10.1. The SMILES string of the molecule is COc1cc(-n2cnc(Nc3nc(N4CCC[C@H]4CO)c4ccc(-c5cccc(N)c5)cc4n3)c2)cc(OC)c1OC. The molecule has 1 atom stereocenters. The van der Waals surface area contributed by atoms with Crippen LogP contribution in [-0.4, -0.2) is 65.1 Å². The number of imidazole rings is 1. The van der Waals surface area contributed by atoms with E-state index in [9.17, 15) is 5.11 Å². The van der Waals surface area contributed by atoms with E-state index >= 15 is 0 Å². The lowest BCUT2D eigenvalue weighted by Crippen LogP contribution is -2.33. The van der Waals surface area contributed by atoms with Gasteiger partial charge in [-0.05, 0) is 48.2 Å². The molecule has 1 aliphatic heterocycles. The molecule has 0 unspecified atom stereocenters. The molecule has 11 heteroatoms. The van der Waals surface area contributed by atoms with E-state index in [1.807, 2.05) is 59.3 Å². The van der Waals surface area contributed by atoms with Gasteiger partial charge in [0.2, 0.25) is 11.7 Å². The van der Waals surface area contributed by atoms with Crippen molar-refractivity contribution in [3.63, 3.8) is 0 Å². The number of benzene rings is 3. The Morgan fingerprint density at radius 3 is 2.48 bits per heavy atom. The highest BCUT2D eigenvalue weighted by molar-refractivity contribution is 5.94. The zero-order valence-electron chi connectivity index (χ0n) is 23.7. The third-order valence-corrected chi connectivity index (χ3v) is 7.53. The summed E-state index contributed by atoms with van der Waals surface area (Å²) in [5, 5.41) is 14.3. The first-order chi connectivity index (χ1) is 20.5. The van der Waals surface area contributed by atoms with Crippen molar-refractivity contribution < 1.29 is 19.3 Å². The number of rotatable bonds is 9. The number of hydrogen-bond donors (Lipinski definition) is 3. The van der Waals surface area contributed by atoms with E-state index in [0.29, 0.717) is 34.7 Å². The van der Waals surface area contributed by atoms with E-state index in [-0.39, 0.29) is 12.6 Å². The second kappa shape index (κ2) is 11.5. The van der Waals surface area contributed by atoms with Gasteiger partial charge in [0.25, 0.3) is 0 Å². The van der Waals surface area contributed by atoms with E-state index in [2.05, 4.69) is 21.3 Å². The summed E-state index contributed by atoms with van der Waals surface area (Å²) in [6, 6.07) is 17.6. The topological polar surface area (TPSA) is 133 Å². The highest BCUT2D eigenvalue weighted by atomic mass is 16.5. The molecule has 5 aromatic rings. The first-order valence-electron chi connectivity index (χ1n) is 13.7. The van der Waals surface area contributed by atoms with E-state index in [4.69, 9.17) is 29.9 Å². The fourth-order valence-corrected chi connectivity index (χ4v) is 5.45. The number of hydrogen-bond acceptors (Lipinski definition) is 10. The molecule has 3 aromatic carbocycles. The summed E-state index contributed by atoms with van der Waals surface area (Å²) in [5.74, 6) is 3.33. The van der Waals surface area contributed by atoms with Crippen LogP contribution >= 0.6 is 0 Å². The Hall–Kier alpha value is -5.03. The van der Waals surface area contributed by atoms with Gasteiger partial charge in [-0.25, -0.2) is 9.97 Å². The first kappa shape index (κ1) is 27.2. The van der Waals surface area contributed by atoms with Crippen LogP contribution in [-0.2, 0) is 0 Å². The monoisotopic (exact) mass is 567 g/mol. The molecule has 0 saturated carbocycles. The minimum Gasteiger partial charge on any atom is -0.493 e. The number of nitrogens with one attached hydrogen (secondary N) is 1. The number of aliphatic hydroxyl groups is 1. The molecule has 1 saturated heterocycles. The molecule has 1 fully saturated rings. The van der Waals surface area contributed by atoms with Crippen molar-refractivity contribution in [3.05, 3.63) is 67.1 Å². The van der Waals surface area contributed by atoms with Gasteiger partial charge in [-0.3, -0.25) is 0 Å². The van der Waals surface area contributed by atoms with Crippen LogP contribution in [0.15, 0.2) is 67.1 Å². The average molecular weight is 568 g/mol. The standard InChI is InChI=1S/C31H33N7O4/c1-40-26-14-23(15-27(41-2)29(26)42-3)37-16-28(33-18-37)35-31-34-25-13-20(19-6-4-7-21(32)12-19)9-10-24(25)30(36-31)38-11-5-8-22(38)17-39/h4,6-7,9-10,12-16,18,22,39H,5,8,11,17,32H2,1-3H3,(H,34,35,36)/t22-/m0/s1. The molecule has 42 heavy (non-hydrogen) atoms. The fourth-order valence-electron chi connectivity index (χ4n) is 5.45. The maximum atomic E-state index is 10.1. The van der Waals surface area contributed by atoms with Crippen LogP contribution in [0.2, 0.25) is 0 Å². The second-order valence-corrected chi connectivity index (χ2v) is 10.1. The van der Waals surface area contributed by atoms with Crippen molar-refractivity contribution in [3.8, 4) is 34.1 Å². The van der Waals surface area contributed by atoms with Gasteiger partial charge in [0.1, 0.15) is 12.1 Å². The van der Waals surface area contributed by atoms with Crippen LogP contribution in [0, 0.1) is 0 Å². The van der Waals surface area contributed by atoms with Crippen molar-refractivity contribution in [1.29, 1.82) is 0 Å². The van der Waals surface area contributed by atoms with E-state index in [1.165, 1.54) is 0 Å². The van der Waals surface area contributed by atoms with Gasteiger partial charge in [-0.1, -0.05) is 18.2 Å². The summed E-state index contributed by atoms with van der Waals surface area (Å²) in [7, 11) is 4.73. The Morgan fingerprint density at radius 1 is 0.976 bits per heavy atom. The largest absolute Gasteiger partial charge is 0.493 e. The minimum absolute atomic E-state index is 0.00351. The third kappa shape index (κ3) is 5.10. The van der Waals surface area contributed by atoms with Gasteiger partial charge >= 0.3 is 0 Å². The molecule has 4 N–H and O–H groups in total. The molecule has 11 nitrogen and oxygen atoms in total. The summed E-state index contributed by atoms with van der Waals surface area (Å²) >= 11 is 0. The Bertz CT molecular complexity index is 1710. The van der Waals surface area contributed by atoms with Gasteiger partial charge in [0.15, 0.2) is 17.3 Å². The lowest BCUT2D eigenvalue weighted by atomic mass is 10.0. The van der Waals surface area contributed by atoms with Crippen LogP contribution in [0.1, 0.15) is 12.8 Å². The zero-order valence-corrected chi connectivity index (χ0v) is 23.7. The van der Waals surface area contributed by atoms with Crippen LogP contribution in [0.3, 0.4) is 0 Å². The van der Waals surface area contributed by atoms with Gasteiger partial charge < -0.3 is 39.8 Å². The normalized spacial score (nSPS) is 14.8. The Morgan fingerprint density at radius 2 is 1.76 bits per heavy atom. The molecule has 1 aliphatic rings. The Kier molecular flexibility index (Phi) is 7.41. The maximum absolute atomic E-state index is 10.1. The fraction of sp³-hybridized carbons (Fsp3) is 0.258. The average Bonchev–Trinajstić information content (AvgIpc) is 3.69. The van der Waals surface area contributed by atoms with Crippen LogP contribution < -0.4 is 30.2 Å². The number of anilines is 4. The summed E-state index contributed by atoms with van der Waals surface area (Å²) in [4.78, 5) is 16.5. The number of aromatic nitrogens is 4. The van der Waals surface area contributed by atoms with E-state index in [1.54, 1.807) is 27.7 Å². The molecule has 0 spiro atoms. The lowest BCUT2D eigenvalue weighted by molar-refractivity contribution is 0.266. The van der Waals surface area contributed by atoms with Crippen molar-refractivity contribution >= 4 is 34.2 Å². The molecule has 0 amide bonds. The van der Waals surface area contributed by atoms with Gasteiger partial charge in [-0.2, -0.15) is 4.98 Å². The molecular formula is C31H33N7O4. The summed E-state index contributed by atoms with van der Waals surface area (Å²) in [6.45, 7) is 0.873. The predicted octanol–water partition coefficient (Wildman–Crippen LogP) is 4.80. The van der Waals surface area contributed by atoms with Crippen molar-refractivity contribution in [2.45, 2.75) is 18.9 Å². The molecular weight excluding hydrogens is 534 g/mol. The molecule has 216 valence electrons. The molecule has 6 rings (SSSR count). The molecule has 0 aliphatic carbocycles. The summed E-state index contributed by atoms with van der Waals surface area (Å²) in [6.07, 6.45) is 5.42. The van der Waals surface area contributed by atoms with Crippen LogP contribution in [0.4, 0.5) is 23.3 Å². The van der Waals surface area contributed by atoms with Gasteiger partial charge in [0.05, 0.1) is 51.4 Å². The number of nitrogens with two attached hydrogens (primary N) is 1. The predicted molar refractivity (Wildman–Crippen MR) is 163 cm³/mol.